The SMILES string of the molecule is N#C/C(=C/Nc1ccccn1)C(=O)Nc1cccc(Cl)c1. The summed E-state index contributed by atoms with van der Waals surface area (Å²) in [5.41, 5.74) is 0.451. The van der Waals surface area contributed by atoms with Crippen molar-refractivity contribution in [2.24, 2.45) is 0 Å². The van der Waals surface area contributed by atoms with Gasteiger partial charge >= 0.3 is 0 Å². The molecule has 1 heterocycles. The summed E-state index contributed by atoms with van der Waals surface area (Å²) in [5.74, 6) is 0.0176. The lowest BCUT2D eigenvalue weighted by Crippen LogP contribution is -2.14. The fraction of sp³-hybridized carbons (Fsp3) is 0. The normalized spacial score (nSPS) is 10.6. The van der Waals surface area contributed by atoms with Gasteiger partial charge in [0.1, 0.15) is 17.5 Å². The average molecular weight is 299 g/mol. The minimum atomic E-state index is -0.525. The van der Waals surface area contributed by atoms with E-state index < -0.39 is 5.91 Å². The highest BCUT2D eigenvalue weighted by molar-refractivity contribution is 6.31. The number of nitrogens with zero attached hydrogens (tertiary/aromatic N) is 2. The van der Waals surface area contributed by atoms with Crippen LogP contribution in [0.4, 0.5) is 11.5 Å². The maximum Gasteiger partial charge on any atom is 0.267 e. The van der Waals surface area contributed by atoms with E-state index in [1.165, 1.54) is 6.20 Å². The molecule has 0 fully saturated rings. The van der Waals surface area contributed by atoms with Gasteiger partial charge in [0.25, 0.3) is 5.91 Å². The van der Waals surface area contributed by atoms with Crippen molar-refractivity contribution in [2.45, 2.75) is 0 Å². The van der Waals surface area contributed by atoms with Crippen LogP contribution in [0.5, 0.6) is 0 Å². The molecule has 0 saturated carbocycles. The minimum Gasteiger partial charge on any atom is -0.345 e. The molecule has 5 nitrogen and oxygen atoms in total. The molecular formula is C15H11ClN4O. The van der Waals surface area contributed by atoms with Gasteiger partial charge in [0.15, 0.2) is 0 Å². The number of nitrogens with one attached hydrogen (secondary N) is 2. The van der Waals surface area contributed by atoms with E-state index in [0.717, 1.165) is 0 Å². The van der Waals surface area contributed by atoms with Crippen molar-refractivity contribution in [1.29, 1.82) is 5.26 Å². The third kappa shape index (κ3) is 4.34. The fourth-order valence-electron chi connectivity index (χ4n) is 1.51. The Morgan fingerprint density at radius 2 is 2.14 bits per heavy atom. The summed E-state index contributed by atoms with van der Waals surface area (Å²) in [4.78, 5) is 16.0. The number of carbonyl (C=O) groups is 1. The van der Waals surface area contributed by atoms with Gasteiger partial charge in [-0.2, -0.15) is 5.26 Å². The van der Waals surface area contributed by atoms with Crippen LogP contribution in [0, 0.1) is 11.3 Å². The number of pyridine rings is 1. The molecule has 0 aliphatic carbocycles. The standard InChI is InChI=1S/C15H11ClN4O/c16-12-4-3-5-13(8-12)20-15(21)11(9-17)10-19-14-6-1-2-7-18-14/h1-8,10H,(H,18,19)(H,20,21)/b11-10-. The van der Waals surface area contributed by atoms with Gasteiger partial charge < -0.3 is 10.6 Å². The number of halogens is 1. The Hall–Kier alpha value is -2.84. The van der Waals surface area contributed by atoms with Crippen molar-refractivity contribution in [2.75, 3.05) is 10.6 Å². The van der Waals surface area contributed by atoms with Crippen molar-refractivity contribution in [3.05, 3.63) is 65.5 Å². The predicted molar refractivity (Wildman–Crippen MR) is 81.6 cm³/mol. The first-order valence-electron chi connectivity index (χ1n) is 6.04. The maximum absolute atomic E-state index is 12.0. The van der Waals surface area contributed by atoms with Gasteiger partial charge in [-0.25, -0.2) is 4.98 Å². The lowest BCUT2D eigenvalue weighted by Gasteiger charge is -2.05. The van der Waals surface area contributed by atoms with Crippen molar-refractivity contribution in [3.8, 4) is 6.07 Å². The van der Waals surface area contributed by atoms with E-state index in [2.05, 4.69) is 15.6 Å². The van der Waals surface area contributed by atoms with Crippen LogP contribution in [0.3, 0.4) is 0 Å². The summed E-state index contributed by atoms with van der Waals surface area (Å²) >= 11 is 5.83. The van der Waals surface area contributed by atoms with Crippen LogP contribution in [-0.4, -0.2) is 10.9 Å². The number of hydrogen-bond acceptors (Lipinski definition) is 4. The van der Waals surface area contributed by atoms with Crippen LogP contribution in [-0.2, 0) is 4.79 Å². The number of hydrogen-bond donors (Lipinski definition) is 2. The van der Waals surface area contributed by atoms with E-state index in [1.807, 2.05) is 6.07 Å². The fourth-order valence-corrected chi connectivity index (χ4v) is 1.70. The summed E-state index contributed by atoms with van der Waals surface area (Å²) < 4.78 is 0. The number of rotatable bonds is 4. The first-order chi connectivity index (χ1) is 10.2. The second-order valence-corrected chi connectivity index (χ2v) is 4.43. The molecule has 104 valence electrons. The number of anilines is 2. The number of aromatic nitrogens is 1. The van der Waals surface area contributed by atoms with Gasteiger partial charge in [-0.1, -0.05) is 23.7 Å². The van der Waals surface area contributed by atoms with E-state index in [0.29, 0.717) is 16.5 Å². The van der Waals surface area contributed by atoms with Gasteiger partial charge in [-0.05, 0) is 30.3 Å². The molecular weight excluding hydrogens is 288 g/mol. The number of carbonyl (C=O) groups excluding carboxylic acids is 1. The third-order valence-corrected chi connectivity index (χ3v) is 2.71. The largest absolute Gasteiger partial charge is 0.345 e. The molecule has 2 rings (SSSR count). The molecule has 2 N–H and O–H groups in total. The Kier molecular flexibility index (Phi) is 4.91. The number of nitriles is 1. The van der Waals surface area contributed by atoms with Gasteiger partial charge in [-0.3, -0.25) is 4.79 Å². The van der Waals surface area contributed by atoms with Crippen molar-refractivity contribution >= 4 is 29.0 Å². The third-order valence-electron chi connectivity index (χ3n) is 2.48. The second-order valence-electron chi connectivity index (χ2n) is 3.99. The van der Waals surface area contributed by atoms with E-state index in [4.69, 9.17) is 16.9 Å². The van der Waals surface area contributed by atoms with Crippen LogP contribution in [0.15, 0.2) is 60.4 Å². The van der Waals surface area contributed by atoms with Crippen molar-refractivity contribution in [3.63, 3.8) is 0 Å². The summed E-state index contributed by atoms with van der Waals surface area (Å²) in [6.45, 7) is 0. The van der Waals surface area contributed by atoms with E-state index >= 15 is 0 Å². The molecule has 0 aliphatic heterocycles. The molecule has 21 heavy (non-hydrogen) atoms. The Labute approximate surface area is 126 Å². The lowest BCUT2D eigenvalue weighted by atomic mass is 10.2. The molecule has 1 amide bonds. The second kappa shape index (κ2) is 7.08. The summed E-state index contributed by atoms with van der Waals surface area (Å²) in [7, 11) is 0. The molecule has 0 atom stereocenters. The average Bonchev–Trinajstić information content (AvgIpc) is 2.49. The van der Waals surface area contributed by atoms with Crippen LogP contribution >= 0.6 is 11.6 Å². The van der Waals surface area contributed by atoms with Crippen LogP contribution in [0.2, 0.25) is 5.02 Å². The molecule has 0 unspecified atom stereocenters. The molecule has 1 aromatic heterocycles. The summed E-state index contributed by atoms with van der Waals surface area (Å²) in [6, 6.07) is 13.8. The van der Waals surface area contributed by atoms with Gasteiger partial charge in [0.05, 0.1) is 0 Å². The Morgan fingerprint density at radius 3 is 2.81 bits per heavy atom. The first-order valence-corrected chi connectivity index (χ1v) is 6.41. The smallest absolute Gasteiger partial charge is 0.267 e. The topological polar surface area (TPSA) is 77.8 Å². The quantitative estimate of drug-likeness (QED) is 0.671. The van der Waals surface area contributed by atoms with Crippen LogP contribution in [0.25, 0.3) is 0 Å². The summed E-state index contributed by atoms with van der Waals surface area (Å²) in [6.07, 6.45) is 2.91. The summed E-state index contributed by atoms with van der Waals surface area (Å²) in [5, 5.41) is 14.9. The monoisotopic (exact) mass is 298 g/mol. The highest BCUT2D eigenvalue weighted by Crippen LogP contribution is 2.15. The minimum absolute atomic E-state index is 0.0689. The molecule has 0 spiro atoms. The van der Waals surface area contributed by atoms with E-state index in [9.17, 15) is 4.79 Å². The number of amides is 1. The molecule has 0 radical (unpaired) electrons. The highest BCUT2D eigenvalue weighted by Gasteiger charge is 2.09. The predicted octanol–water partition coefficient (Wildman–Crippen LogP) is 3.19. The van der Waals surface area contributed by atoms with Gasteiger partial charge in [0.2, 0.25) is 0 Å². The van der Waals surface area contributed by atoms with Crippen LogP contribution in [0.1, 0.15) is 0 Å². The Balaban J connectivity index is 2.07. The van der Waals surface area contributed by atoms with E-state index in [1.54, 1.807) is 48.7 Å². The number of benzene rings is 1. The molecule has 0 saturated heterocycles. The molecule has 6 heteroatoms. The van der Waals surface area contributed by atoms with Gasteiger partial charge in [-0.15, -0.1) is 0 Å². The zero-order chi connectivity index (χ0) is 15.1. The zero-order valence-electron chi connectivity index (χ0n) is 10.9. The highest BCUT2D eigenvalue weighted by atomic mass is 35.5. The first kappa shape index (κ1) is 14.6. The van der Waals surface area contributed by atoms with Gasteiger partial charge in [0, 0.05) is 23.1 Å². The Bertz CT molecular complexity index is 707. The Morgan fingerprint density at radius 1 is 1.29 bits per heavy atom. The molecule has 0 aliphatic rings. The lowest BCUT2D eigenvalue weighted by molar-refractivity contribution is -0.112. The van der Waals surface area contributed by atoms with Crippen LogP contribution < -0.4 is 10.6 Å². The molecule has 2 aromatic rings. The van der Waals surface area contributed by atoms with Crippen molar-refractivity contribution < 1.29 is 4.79 Å². The zero-order valence-corrected chi connectivity index (χ0v) is 11.6. The van der Waals surface area contributed by atoms with Crippen molar-refractivity contribution in [1.82, 2.24) is 4.98 Å². The molecule has 0 bridgehead atoms. The maximum atomic E-state index is 12.0. The molecule has 1 aromatic carbocycles. The van der Waals surface area contributed by atoms with E-state index in [-0.39, 0.29) is 5.57 Å².